The Morgan fingerprint density at radius 1 is 1.33 bits per heavy atom. The summed E-state index contributed by atoms with van der Waals surface area (Å²) in [5, 5.41) is 12.0. The van der Waals surface area contributed by atoms with Crippen LogP contribution in [0.2, 0.25) is 0 Å². The smallest absolute Gasteiger partial charge is 0.182 e. The molecule has 2 aromatic rings. The van der Waals surface area contributed by atoms with Crippen LogP contribution >= 0.6 is 0 Å². The average molecular weight is 243 g/mol. The van der Waals surface area contributed by atoms with Crippen molar-refractivity contribution in [1.29, 1.82) is 0 Å². The number of tetrazole rings is 1. The maximum atomic E-state index is 5.69. The standard InChI is InChI=1S/C13H17N5/c1-9(10-2-3-10)8-18-13(15-16-17-18)11-4-6-12(14)7-5-11/h4-7,9-10H,2-3,8,14H2,1H3. The van der Waals surface area contributed by atoms with Crippen LogP contribution in [0, 0.1) is 11.8 Å². The fraction of sp³-hybridized carbons (Fsp3) is 0.462. The average Bonchev–Trinajstić information content (AvgIpc) is 3.12. The van der Waals surface area contributed by atoms with Gasteiger partial charge in [-0.2, -0.15) is 0 Å². The van der Waals surface area contributed by atoms with Crippen LogP contribution in [0.5, 0.6) is 0 Å². The summed E-state index contributed by atoms with van der Waals surface area (Å²) in [5.74, 6) is 2.32. The van der Waals surface area contributed by atoms with Crippen LogP contribution in [-0.4, -0.2) is 20.2 Å². The first kappa shape index (κ1) is 11.2. The van der Waals surface area contributed by atoms with Crippen LogP contribution in [0.4, 0.5) is 5.69 Å². The summed E-state index contributed by atoms with van der Waals surface area (Å²) >= 11 is 0. The Labute approximate surface area is 106 Å². The van der Waals surface area contributed by atoms with Gasteiger partial charge in [0.2, 0.25) is 0 Å². The van der Waals surface area contributed by atoms with E-state index in [4.69, 9.17) is 5.73 Å². The minimum Gasteiger partial charge on any atom is -0.399 e. The number of nitrogens with two attached hydrogens (primary N) is 1. The Morgan fingerprint density at radius 2 is 2.06 bits per heavy atom. The summed E-state index contributed by atoms with van der Waals surface area (Å²) in [5.41, 5.74) is 7.45. The highest BCUT2D eigenvalue weighted by Crippen LogP contribution is 2.37. The van der Waals surface area contributed by atoms with Gasteiger partial charge in [0.05, 0.1) is 0 Å². The summed E-state index contributed by atoms with van der Waals surface area (Å²) in [6.45, 7) is 3.16. The molecule has 2 N–H and O–H groups in total. The van der Waals surface area contributed by atoms with E-state index in [1.165, 1.54) is 12.8 Å². The summed E-state index contributed by atoms with van der Waals surface area (Å²) in [6.07, 6.45) is 2.70. The number of rotatable bonds is 4. The van der Waals surface area contributed by atoms with Crippen molar-refractivity contribution in [1.82, 2.24) is 20.2 Å². The molecule has 94 valence electrons. The Morgan fingerprint density at radius 3 is 2.72 bits per heavy atom. The van der Waals surface area contributed by atoms with Gasteiger partial charge in [0.1, 0.15) is 0 Å². The van der Waals surface area contributed by atoms with Crippen LogP contribution in [0.15, 0.2) is 24.3 Å². The molecule has 0 spiro atoms. The van der Waals surface area contributed by atoms with Gasteiger partial charge < -0.3 is 5.73 Å². The molecule has 1 aliphatic carbocycles. The van der Waals surface area contributed by atoms with Crippen molar-refractivity contribution >= 4 is 5.69 Å². The second-order valence-corrected chi connectivity index (χ2v) is 5.12. The molecule has 1 unspecified atom stereocenters. The largest absolute Gasteiger partial charge is 0.399 e. The zero-order chi connectivity index (χ0) is 12.5. The van der Waals surface area contributed by atoms with Crippen molar-refractivity contribution < 1.29 is 0 Å². The van der Waals surface area contributed by atoms with Crippen LogP contribution in [0.3, 0.4) is 0 Å². The Balaban J connectivity index is 1.83. The second-order valence-electron chi connectivity index (χ2n) is 5.12. The molecule has 3 rings (SSSR count). The van der Waals surface area contributed by atoms with Crippen molar-refractivity contribution in [3.05, 3.63) is 24.3 Å². The topological polar surface area (TPSA) is 69.6 Å². The van der Waals surface area contributed by atoms with Gasteiger partial charge in [-0.1, -0.05) is 6.92 Å². The summed E-state index contributed by atoms with van der Waals surface area (Å²) in [6, 6.07) is 7.66. The molecule has 18 heavy (non-hydrogen) atoms. The lowest BCUT2D eigenvalue weighted by Crippen LogP contribution is -2.12. The summed E-state index contributed by atoms with van der Waals surface area (Å²) in [7, 11) is 0. The first-order chi connectivity index (χ1) is 8.74. The van der Waals surface area contributed by atoms with E-state index in [-0.39, 0.29) is 0 Å². The molecule has 1 aliphatic rings. The van der Waals surface area contributed by atoms with Gasteiger partial charge >= 0.3 is 0 Å². The fourth-order valence-electron chi connectivity index (χ4n) is 2.25. The van der Waals surface area contributed by atoms with Crippen molar-refractivity contribution in [3.63, 3.8) is 0 Å². The van der Waals surface area contributed by atoms with Gasteiger partial charge in [0, 0.05) is 17.8 Å². The van der Waals surface area contributed by atoms with E-state index in [2.05, 4.69) is 22.4 Å². The monoisotopic (exact) mass is 243 g/mol. The molecule has 1 saturated carbocycles. The molecule has 5 nitrogen and oxygen atoms in total. The van der Waals surface area contributed by atoms with Crippen molar-refractivity contribution in [2.45, 2.75) is 26.3 Å². The molecule has 1 heterocycles. The predicted octanol–water partition coefficient (Wildman–Crippen LogP) is 1.97. The molecule has 1 atom stereocenters. The van der Waals surface area contributed by atoms with Gasteiger partial charge in [0.15, 0.2) is 5.82 Å². The van der Waals surface area contributed by atoms with Crippen molar-refractivity contribution in [2.75, 3.05) is 5.73 Å². The van der Waals surface area contributed by atoms with Gasteiger partial charge in [-0.3, -0.25) is 0 Å². The van der Waals surface area contributed by atoms with Gasteiger partial charge in [0.25, 0.3) is 0 Å². The highest BCUT2D eigenvalue weighted by atomic mass is 15.5. The Hall–Kier alpha value is -1.91. The van der Waals surface area contributed by atoms with E-state index in [1.807, 2.05) is 28.9 Å². The highest BCUT2D eigenvalue weighted by molar-refractivity contribution is 5.58. The zero-order valence-corrected chi connectivity index (χ0v) is 10.5. The first-order valence-corrected chi connectivity index (χ1v) is 6.36. The Kier molecular flexibility index (Phi) is 2.74. The molecule has 0 aliphatic heterocycles. The van der Waals surface area contributed by atoms with Crippen molar-refractivity contribution in [2.24, 2.45) is 11.8 Å². The molecule has 1 aromatic heterocycles. The number of nitrogens with zero attached hydrogens (tertiary/aromatic N) is 4. The van der Waals surface area contributed by atoms with Crippen LogP contribution in [0.1, 0.15) is 19.8 Å². The molecule has 0 saturated heterocycles. The third-order valence-electron chi connectivity index (χ3n) is 3.59. The summed E-state index contributed by atoms with van der Waals surface area (Å²) in [4.78, 5) is 0. The normalized spacial score (nSPS) is 16.7. The number of benzene rings is 1. The SMILES string of the molecule is CC(Cn1nnnc1-c1ccc(N)cc1)C1CC1. The molecule has 5 heteroatoms. The van der Waals surface area contributed by atoms with E-state index < -0.39 is 0 Å². The van der Waals surface area contributed by atoms with Crippen molar-refractivity contribution in [3.8, 4) is 11.4 Å². The van der Waals surface area contributed by atoms with E-state index in [9.17, 15) is 0 Å². The van der Waals surface area contributed by atoms with E-state index in [0.717, 1.165) is 29.5 Å². The van der Waals surface area contributed by atoms with Gasteiger partial charge in [-0.25, -0.2) is 4.68 Å². The molecule has 0 radical (unpaired) electrons. The number of hydrogen-bond donors (Lipinski definition) is 1. The predicted molar refractivity (Wildman–Crippen MR) is 69.6 cm³/mol. The quantitative estimate of drug-likeness (QED) is 0.833. The highest BCUT2D eigenvalue weighted by Gasteiger charge is 2.28. The first-order valence-electron chi connectivity index (χ1n) is 6.36. The number of anilines is 1. The number of hydrogen-bond acceptors (Lipinski definition) is 4. The van der Waals surface area contributed by atoms with Gasteiger partial charge in [-0.05, 0) is 59.4 Å². The van der Waals surface area contributed by atoms with Gasteiger partial charge in [-0.15, -0.1) is 5.10 Å². The maximum Gasteiger partial charge on any atom is 0.182 e. The minimum absolute atomic E-state index is 0.640. The zero-order valence-electron chi connectivity index (χ0n) is 10.5. The third kappa shape index (κ3) is 2.20. The minimum atomic E-state index is 0.640. The van der Waals surface area contributed by atoms with Crippen LogP contribution in [-0.2, 0) is 6.54 Å². The number of aromatic nitrogens is 4. The lowest BCUT2D eigenvalue weighted by molar-refractivity contribution is 0.402. The third-order valence-corrected chi connectivity index (χ3v) is 3.59. The van der Waals surface area contributed by atoms with E-state index >= 15 is 0 Å². The maximum absolute atomic E-state index is 5.69. The molecule has 1 aromatic carbocycles. The van der Waals surface area contributed by atoms with Crippen LogP contribution < -0.4 is 5.73 Å². The van der Waals surface area contributed by atoms with E-state index in [1.54, 1.807) is 0 Å². The second kappa shape index (κ2) is 4.40. The van der Waals surface area contributed by atoms with E-state index in [0.29, 0.717) is 5.92 Å². The Bertz CT molecular complexity index is 527. The molecule has 0 bridgehead atoms. The number of nitrogen functional groups attached to an aromatic ring is 1. The fourth-order valence-corrected chi connectivity index (χ4v) is 2.25. The summed E-state index contributed by atoms with van der Waals surface area (Å²) < 4.78 is 1.90. The molecular formula is C13H17N5. The molecule has 0 amide bonds. The molecular weight excluding hydrogens is 226 g/mol. The van der Waals surface area contributed by atoms with Crippen LogP contribution in [0.25, 0.3) is 11.4 Å². The lowest BCUT2D eigenvalue weighted by atomic mass is 10.1. The molecule has 1 fully saturated rings. The lowest BCUT2D eigenvalue weighted by Gasteiger charge is -2.10.